The van der Waals surface area contributed by atoms with Crippen LogP contribution in [0.25, 0.3) is 11.1 Å². The van der Waals surface area contributed by atoms with Crippen LogP contribution in [0, 0.1) is 17.8 Å². The predicted octanol–water partition coefficient (Wildman–Crippen LogP) is 4.69. The molecule has 202 valence electrons. The first-order valence-electron chi connectivity index (χ1n) is 13.8. The summed E-state index contributed by atoms with van der Waals surface area (Å²) in [6, 6.07) is 15.7. The molecule has 4 bridgehead atoms. The van der Waals surface area contributed by atoms with E-state index in [-0.39, 0.29) is 6.04 Å². The number of hydrogen-bond acceptors (Lipinski definition) is 8. The smallest absolute Gasteiger partial charge is 0.431 e. The fourth-order valence-corrected chi connectivity index (χ4v) is 7.51. The average Bonchev–Trinajstić information content (AvgIpc) is 2.94. The maximum atomic E-state index is 13.1. The van der Waals surface area contributed by atoms with Crippen LogP contribution in [0.4, 0.5) is 22.1 Å². The molecule has 2 aromatic carbocycles. The Morgan fingerprint density at radius 2 is 1.64 bits per heavy atom. The lowest BCUT2D eigenvalue weighted by atomic mass is 9.52. The number of hydroxylamine groups is 1. The van der Waals surface area contributed by atoms with Crippen LogP contribution in [0.1, 0.15) is 32.1 Å². The normalized spacial score (nSPS) is 28.7. The number of hydrogen-bond donors (Lipinski definition) is 2. The van der Waals surface area contributed by atoms with Crippen molar-refractivity contribution in [2.75, 3.05) is 30.2 Å². The van der Waals surface area contributed by atoms with Crippen LogP contribution in [0.5, 0.6) is 5.75 Å². The van der Waals surface area contributed by atoms with E-state index in [1.807, 2.05) is 65.8 Å². The summed E-state index contributed by atoms with van der Waals surface area (Å²) in [4.78, 5) is 30.3. The summed E-state index contributed by atoms with van der Waals surface area (Å²) < 4.78 is 5.25. The van der Waals surface area contributed by atoms with E-state index in [0.29, 0.717) is 36.8 Å². The SMILES string of the molecule is COc1ccc(-c2cnc(N3CCN(OC(=O)NC4C5CC6CC4CC(O)(C6)C5)c4ccccc43)nc2)cc1. The summed E-state index contributed by atoms with van der Waals surface area (Å²) in [6.07, 6.45) is 7.88. The second-order valence-corrected chi connectivity index (χ2v) is 11.5. The molecule has 5 aliphatic rings. The number of para-hydroxylation sites is 2. The number of methoxy groups -OCH3 is 1. The molecule has 0 saturated heterocycles. The van der Waals surface area contributed by atoms with Crippen molar-refractivity contribution >= 4 is 23.4 Å². The summed E-state index contributed by atoms with van der Waals surface area (Å²) in [6.45, 7) is 1.04. The number of nitrogens with zero attached hydrogens (tertiary/aromatic N) is 4. The van der Waals surface area contributed by atoms with Gasteiger partial charge >= 0.3 is 6.09 Å². The fourth-order valence-electron chi connectivity index (χ4n) is 7.51. The third kappa shape index (κ3) is 4.44. The number of carbonyl (C=O) groups excluding carboxylic acids is 1. The van der Waals surface area contributed by atoms with Crippen molar-refractivity contribution < 1.29 is 19.5 Å². The number of aliphatic hydroxyl groups is 1. The Hall–Kier alpha value is -3.85. The zero-order valence-corrected chi connectivity index (χ0v) is 22.0. The Kier molecular flexibility index (Phi) is 5.84. The number of amides is 1. The lowest BCUT2D eigenvalue weighted by Crippen LogP contribution is -2.62. The van der Waals surface area contributed by atoms with Gasteiger partial charge in [-0.25, -0.2) is 19.8 Å². The van der Waals surface area contributed by atoms with E-state index in [1.165, 1.54) is 0 Å². The molecule has 39 heavy (non-hydrogen) atoms. The van der Waals surface area contributed by atoms with Gasteiger partial charge in [-0.2, -0.15) is 0 Å². The van der Waals surface area contributed by atoms with Gasteiger partial charge < -0.3 is 24.9 Å². The largest absolute Gasteiger partial charge is 0.497 e. The molecule has 0 spiro atoms. The number of nitrogens with one attached hydrogen (secondary N) is 1. The number of anilines is 3. The number of ether oxygens (including phenoxy) is 1. The van der Waals surface area contributed by atoms with Crippen LogP contribution in [-0.4, -0.2) is 53.0 Å². The first kappa shape index (κ1) is 24.2. The van der Waals surface area contributed by atoms with Gasteiger partial charge in [-0.15, -0.1) is 0 Å². The molecule has 4 aliphatic carbocycles. The molecular weight excluding hydrogens is 494 g/mol. The van der Waals surface area contributed by atoms with Gasteiger partial charge in [0.2, 0.25) is 5.95 Å². The molecule has 9 heteroatoms. The van der Waals surface area contributed by atoms with Gasteiger partial charge in [-0.1, -0.05) is 24.3 Å². The second kappa shape index (κ2) is 9.41. The minimum Gasteiger partial charge on any atom is -0.497 e. The zero-order valence-electron chi connectivity index (χ0n) is 22.0. The van der Waals surface area contributed by atoms with Gasteiger partial charge in [-0.3, -0.25) is 0 Å². The molecule has 2 N–H and O–H groups in total. The Labute approximate surface area is 227 Å². The Morgan fingerprint density at radius 1 is 0.949 bits per heavy atom. The van der Waals surface area contributed by atoms with Crippen molar-refractivity contribution in [3.05, 3.63) is 60.9 Å². The van der Waals surface area contributed by atoms with E-state index < -0.39 is 11.7 Å². The Morgan fingerprint density at radius 3 is 2.31 bits per heavy atom. The predicted molar refractivity (Wildman–Crippen MR) is 147 cm³/mol. The maximum absolute atomic E-state index is 13.1. The molecule has 2 unspecified atom stereocenters. The molecule has 8 rings (SSSR count). The molecule has 2 atom stereocenters. The van der Waals surface area contributed by atoms with Gasteiger partial charge in [-0.05, 0) is 79.7 Å². The molecule has 0 radical (unpaired) electrons. The maximum Gasteiger partial charge on any atom is 0.431 e. The van der Waals surface area contributed by atoms with Gasteiger partial charge in [0.05, 0.1) is 30.6 Å². The standard InChI is InChI=1S/C30H33N5O4/c1-38-24-8-6-20(7-9-24)23-17-31-28(32-18-23)34-10-11-35(26-5-3-2-4-25(26)34)39-29(36)33-27-21-12-19-13-22(27)16-30(37,14-19)15-21/h2-9,17-19,21-22,27,37H,10-16H2,1H3,(H,33,36). The van der Waals surface area contributed by atoms with E-state index in [9.17, 15) is 9.90 Å². The van der Waals surface area contributed by atoms with Gasteiger partial charge in [0.1, 0.15) is 5.75 Å². The molecule has 9 nitrogen and oxygen atoms in total. The molecule has 1 aliphatic heterocycles. The number of rotatable bonds is 5. The number of aromatic nitrogens is 2. The highest BCUT2D eigenvalue weighted by molar-refractivity contribution is 5.79. The topological polar surface area (TPSA) is 100 Å². The van der Waals surface area contributed by atoms with Crippen LogP contribution >= 0.6 is 0 Å². The molecule has 4 fully saturated rings. The highest BCUT2D eigenvalue weighted by Gasteiger charge is 2.55. The van der Waals surface area contributed by atoms with Gasteiger partial charge in [0.25, 0.3) is 0 Å². The third-order valence-electron chi connectivity index (χ3n) is 8.99. The van der Waals surface area contributed by atoms with Crippen molar-refractivity contribution in [1.29, 1.82) is 0 Å². The van der Waals surface area contributed by atoms with Gasteiger partial charge in [0.15, 0.2) is 0 Å². The van der Waals surface area contributed by atoms with Crippen molar-refractivity contribution in [3.8, 4) is 16.9 Å². The minimum atomic E-state index is -0.525. The van der Waals surface area contributed by atoms with E-state index >= 15 is 0 Å². The average molecular weight is 528 g/mol. The third-order valence-corrected chi connectivity index (χ3v) is 8.99. The molecule has 3 aromatic rings. The quantitative estimate of drug-likeness (QED) is 0.493. The Bertz CT molecular complexity index is 1350. The molecule has 4 saturated carbocycles. The lowest BCUT2D eigenvalue weighted by Gasteiger charge is -2.57. The van der Waals surface area contributed by atoms with Crippen LogP contribution < -0.4 is 20.0 Å². The van der Waals surface area contributed by atoms with E-state index in [1.54, 1.807) is 12.2 Å². The van der Waals surface area contributed by atoms with E-state index in [0.717, 1.165) is 60.4 Å². The number of fused-ring (bicyclic) bond motifs is 1. The second-order valence-electron chi connectivity index (χ2n) is 11.5. The number of carbonyl (C=O) groups is 1. The molecule has 1 amide bonds. The monoisotopic (exact) mass is 527 g/mol. The highest BCUT2D eigenvalue weighted by atomic mass is 16.7. The van der Waals surface area contributed by atoms with Crippen LogP contribution in [0.3, 0.4) is 0 Å². The molecular formula is C30H33N5O4. The van der Waals surface area contributed by atoms with Crippen LogP contribution in [0.2, 0.25) is 0 Å². The van der Waals surface area contributed by atoms with Gasteiger partial charge in [0, 0.05) is 30.5 Å². The summed E-state index contributed by atoms with van der Waals surface area (Å²) in [5.41, 5.74) is 3.08. The van der Waals surface area contributed by atoms with Crippen LogP contribution in [0.15, 0.2) is 60.9 Å². The van der Waals surface area contributed by atoms with Crippen molar-refractivity contribution in [2.24, 2.45) is 17.8 Å². The summed E-state index contributed by atoms with van der Waals surface area (Å²) in [7, 11) is 1.65. The molecule has 2 heterocycles. The van der Waals surface area contributed by atoms with E-state index in [4.69, 9.17) is 9.57 Å². The zero-order chi connectivity index (χ0) is 26.6. The first-order chi connectivity index (χ1) is 19.0. The first-order valence-corrected chi connectivity index (χ1v) is 13.8. The van der Waals surface area contributed by atoms with Crippen molar-refractivity contribution in [3.63, 3.8) is 0 Å². The fraction of sp³-hybridized carbons (Fsp3) is 0.433. The highest BCUT2D eigenvalue weighted by Crippen LogP contribution is 2.55. The van der Waals surface area contributed by atoms with E-state index in [2.05, 4.69) is 15.3 Å². The number of benzene rings is 2. The Balaban J connectivity index is 1.05. The summed E-state index contributed by atoms with van der Waals surface area (Å²) >= 11 is 0. The minimum absolute atomic E-state index is 0.0727. The summed E-state index contributed by atoms with van der Waals surface area (Å²) in [5.74, 6) is 2.65. The lowest BCUT2D eigenvalue weighted by molar-refractivity contribution is -0.137. The van der Waals surface area contributed by atoms with Crippen LogP contribution in [-0.2, 0) is 4.84 Å². The van der Waals surface area contributed by atoms with Crippen molar-refractivity contribution in [1.82, 2.24) is 15.3 Å². The summed E-state index contributed by atoms with van der Waals surface area (Å²) in [5, 5.41) is 15.7. The molecule has 1 aromatic heterocycles. The van der Waals surface area contributed by atoms with Crippen molar-refractivity contribution in [2.45, 2.75) is 43.7 Å².